The number of hydrogen-bond acceptors (Lipinski definition) is 2. The van der Waals surface area contributed by atoms with Gasteiger partial charge in [-0.3, -0.25) is 4.79 Å². The van der Waals surface area contributed by atoms with Gasteiger partial charge in [-0.25, -0.2) is 4.79 Å². The molecule has 0 radical (unpaired) electrons. The molecular formula is C13H16ClNO3. The van der Waals surface area contributed by atoms with E-state index < -0.39 is 5.97 Å². The molecule has 0 bridgehead atoms. The van der Waals surface area contributed by atoms with E-state index in [1.165, 1.54) is 18.2 Å². The fourth-order valence-corrected chi connectivity index (χ4v) is 1.67. The van der Waals surface area contributed by atoms with E-state index in [1.54, 1.807) is 0 Å². The summed E-state index contributed by atoms with van der Waals surface area (Å²) in [5, 5.41) is 11.8. The first-order chi connectivity index (χ1) is 8.54. The number of anilines is 1. The second-order valence-corrected chi connectivity index (χ2v) is 4.41. The van der Waals surface area contributed by atoms with Gasteiger partial charge in [-0.15, -0.1) is 0 Å². The lowest BCUT2D eigenvalue weighted by Gasteiger charge is -2.08. The number of unbranched alkanes of at least 4 members (excludes halogenated alkanes) is 2. The van der Waals surface area contributed by atoms with E-state index in [1.807, 2.05) is 0 Å². The Balaban J connectivity index is 2.68. The number of carboxylic acids is 1. The van der Waals surface area contributed by atoms with Gasteiger partial charge in [0, 0.05) is 6.42 Å². The van der Waals surface area contributed by atoms with Gasteiger partial charge in [-0.1, -0.05) is 31.4 Å². The number of carbonyl (C=O) groups is 2. The van der Waals surface area contributed by atoms with Gasteiger partial charge in [-0.2, -0.15) is 0 Å². The molecule has 0 heterocycles. The summed E-state index contributed by atoms with van der Waals surface area (Å²) in [7, 11) is 0. The summed E-state index contributed by atoms with van der Waals surface area (Å²) in [5.74, 6) is -1.19. The van der Waals surface area contributed by atoms with E-state index >= 15 is 0 Å². The van der Waals surface area contributed by atoms with Crippen LogP contribution in [-0.4, -0.2) is 17.0 Å². The van der Waals surface area contributed by atoms with Crippen molar-refractivity contribution in [1.82, 2.24) is 0 Å². The molecule has 0 aliphatic carbocycles. The van der Waals surface area contributed by atoms with Crippen LogP contribution in [0.1, 0.15) is 43.0 Å². The molecule has 0 aromatic heterocycles. The highest BCUT2D eigenvalue weighted by Crippen LogP contribution is 2.23. The lowest BCUT2D eigenvalue weighted by molar-refractivity contribution is -0.116. The normalized spacial score (nSPS) is 10.1. The topological polar surface area (TPSA) is 66.4 Å². The Morgan fingerprint density at radius 1 is 1.33 bits per heavy atom. The van der Waals surface area contributed by atoms with Gasteiger partial charge >= 0.3 is 5.97 Å². The van der Waals surface area contributed by atoms with Crippen molar-refractivity contribution in [2.45, 2.75) is 32.6 Å². The molecule has 18 heavy (non-hydrogen) atoms. The molecule has 2 N–H and O–H groups in total. The molecule has 1 aromatic carbocycles. The molecule has 0 atom stereocenters. The summed E-state index contributed by atoms with van der Waals surface area (Å²) >= 11 is 5.90. The SMILES string of the molecule is CCCCCC(=O)Nc1cc(C(=O)O)ccc1Cl. The van der Waals surface area contributed by atoms with Crippen molar-refractivity contribution in [3.8, 4) is 0 Å². The number of amides is 1. The Labute approximate surface area is 111 Å². The summed E-state index contributed by atoms with van der Waals surface area (Å²) in [6.07, 6.45) is 3.28. The van der Waals surface area contributed by atoms with E-state index in [0.29, 0.717) is 17.1 Å². The van der Waals surface area contributed by atoms with Gasteiger partial charge in [0.05, 0.1) is 16.3 Å². The van der Waals surface area contributed by atoms with Crippen molar-refractivity contribution >= 4 is 29.2 Å². The minimum Gasteiger partial charge on any atom is -0.478 e. The summed E-state index contributed by atoms with van der Waals surface area (Å²) in [6, 6.07) is 4.23. The summed E-state index contributed by atoms with van der Waals surface area (Å²) < 4.78 is 0. The monoisotopic (exact) mass is 269 g/mol. The third kappa shape index (κ3) is 4.37. The van der Waals surface area contributed by atoms with Crippen LogP contribution in [0.2, 0.25) is 5.02 Å². The Bertz CT molecular complexity index is 446. The average molecular weight is 270 g/mol. The van der Waals surface area contributed by atoms with E-state index in [4.69, 9.17) is 16.7 Å². The van der Waals surface area contributed by atoms with Crippen molar-refractivity contribution in [3.05, 3.63) is 28.8 Å². The van der Waals surface area contributed by atoms with Crippen molar-refractivity contribution in [2.75, 3.05) is 5.32 Å². The van der Waals surface area contributed by atoms with Crippen LogP contribution in [0.25, 0.3) is 0 Å². The highest BCUT2D eigenvalue weighted by Gasteiger charge is 2.09. The molecule has 5 heteroatoms. The number of benzene rings is 1. The number of carbonyl (C=O) groups excluding carboxylic acids is 1. The van der Waals surface area contributed by atoms with Crippen LogP contribution in [0.5, 0.6) is 0 Å². The molecular weight excluding hydrogens is 254 g/mol. The molecule has 0 unspecified atom stereocenters. The molecule has 4 nitrogen and oxygen atoms in total. The predicted molar refractivity (Wildman–Crippen MR) is 71.2 cm³/mol. The zero-order valence-corrected chi connectivity index (χ0v) is 11.0. The Morgan fingerprint density at radius 2 is 2.06 bits per heavy atom. The fourth-order valence-electron chi connectivity index (χ4n) is 1.50. The van der Waals surface area contributed by atoms with Crippen LogP contribution in [0, 0.1) is 0 Å². The van der Waals surface area contributed by atoms with Crippen LogP contribution in [0.4, 0.5) is 5.69 Å². The second-order valence-electron chi connectivity index (χ2n) is 4.01. The zero-order valence-electron chi connectivity index (χ0n) is 10.2. The number of rotatable bonds is 6. The molecule has 1 rings (SSSR count). The second kappa shape index (κ2) is 7.01. The minimum absolute atomic E-state index is 0.100. The number of carboxylic acid groups (broad SMARTS) is 1. The zero-order chi connectivity index (χ0) is 13.5. The van der Waals surface area contributed by atoms with Crippen molar-refractivity contribution in [3.63, 3.8) is 0 Å². The van der Waals surface area contributed by atoms with Crippen LogP contribution >= 0.6 is 11.6 Å². The lowest BCUT2D eigenvalue weighted by atomic mass is 10.1. The lowest BCUT2D eigenvalue weighted by Crippen LogP contribution is -2.12. The number of aromatic carboxylic acids is 1. The van der Waals surface area contributed by atoms with Crippen LogP contribution in [0.15, 0.2) is 18.2 Å². The van der Waals surface area contributed by atoms with Crippen LogP contribution in [0.3, 0.4) is 0 Å². The van der Waals surface area contributed by atoms with Gasteiger partial charge in [0.1, 0.15) is 0 Å². The number of hydrogen-bond donors (Lipinski definition) is 2. The van der Waals surface area contributed by atoms with Gasteiger partial charge < -0.3 is 10.4 Å². The predicted octanol–water partition coefficient (Wildman–Crippen LogP) is 3.56. The summed E-state index contributed by atoms with van der Waals surface area (Å²) in [5.41, 5.74) is 0.446. The molecule has 0 aliphatic heterocycles. The third-order valence-corrected chi connectivity index (χ3v) is 2.82. The number of nitrogens with one attached hydrogen (secondary N) is 1. The maximum Gasteiger partial charge on any atom is 0.335 e. The maximum absolute atomic E-state index is 11.6. The molecule has 0 aliphatic rings. The summed E-state index contributed by atoms with van der Waals surface area (Å²) in [6.45, 7) is 2.06. The Hall–Kier alpha value is -1.55. The first kappa shape index (κ1) is 14.5. The van der Waals surface area contributed by atoms with Crippen molar-refractivity contribution < 1.29 is 14.7 Å². The molecule has 0 saturated heterocycles. The third-order valence-electron chi connectivity index (χ3n) is 2.49. The summed E-state index contributed by atoms with van der Waals surface area (Å²) in [4.78, 5) is 22.4. The quantitative estimate of drug-likeness (QED) is 0.776. The van der Waals surface area contributed by atoms with E-state index in [2.05, 4.69) is 12.2 Å². The molecule has 0 saturated carbocycles. The van der Waals surface area contributed by atoms with Crippen molar-refractivity contribution in [1.29, 1.82) is 0 Å². The van der Waals surface area contributed by atoms with Gasteiger partial charge in [0.15, 0.2) is 0 Å². The van der Waals surface area contributed by atoms with Gasteiger partial charge in [0.2, 0.25) is 5.91 Å². The smallest absolute Gasteiger partial charge is 0.335 e. The largest absolute Gasteiger partial charge is 0.478 e. The first-order valence-electron chi connectivity index (χ1n) is 5.87. The molecule has 0 fully saturated rings. The first-order valence-corrected chi connectivity index (χ1v) is 6.25. The average Bonchev–Trinajstić information content (AvgIpc) is 2.32. The molecule has 1 aromatic rings. The van der Waals surface area contributed by atoms with Crippen molar-refractivity contribution in [2.24, 2.45) is 0 Å². The standard InChI is InChI=1S/C13H16ClNO3/c1-2-3-4-5-12(16)15-11-8-9(13(17)18)6-7-10(11)14/h6-8H,2-5H2,1H3,(H,15,16)(H,17,18). The molecule has 1 amide bonds. The van der Waals surface area contributed by atoms with Crippen LogP contribution < -0.4 is 5.32 Å². The number of halogens is 1. The van der Waals surface area contributed by atoms with Gasteiger partial charge in [0.25, 0.3) is 0 Å². The van der Waals surface area contributed by atoms with E-state index in [9.17, 15) is 9.59 Å². The Kier molecular flexibility index (Phi) is 5.65. The minimum atomic E-state index is -1.05. The maximum atomic E-state index is 11.6. The highest BCUT2D eigenvalue weighted by molar-refractivity contribution is 6.33. The molecule has 0 spiro atoms. The molecule has 98 valence electrons. The van der Waals surface area contributed by atoms with E-state index in [0.717, 1.165) is 19.3 Å². The van der Waals surface area contributed by atoms with Crippen LogP contribution in [-0.2, 0) is 4.79 Å². The highest BCUT2D eigenvalue weighted by atomic mass is 35.5. The van der Waals surface area contributed by atoms with Gasteiger partial charge in [-0.05, 0) is 24.6 Å². The van der Waals surface area contributed by atoms with E-state index in [-0.39, 0.29) is 11.5 Å². The fraction of sp³-hybridized carbons (Fsp3) is 0.385. The Morgan fingerprint density at radius 3 is 2.67 bits per heavy atom.